The fourth-order valence-corrected chi connectivity index (χ4v) is 1.44. The molecule has 17 heavy (non-hydrogen) atoms. The highest BCUT2D eigenvalue weighted by molar-refractivity contribution is 5.76. The van der Waals surface area contributed by atoms with Crippen LogP contribution >= 0.6 is 0 Å². The van der Waals surface area contributed by atoms with Crippen LogP contribution < -0.4 is 5.32 Å². The molecule has 0 unspecified atom stereocenters. The highest BCUT2D eigenvalue weighted by Gasteiger charge is 2.29. The molecule has 0 aliphatic heterocycles. The van der Waals surface area contributed by atoms with Crippen LogP contribution in [-0.2, 0) is 4.79 Å². The maximum atomic E-state index is 11.5. The summed E-state index contributed by atoms with van der Waals surface area (Å²) < 4.78 is 0. The fraction of sp³-hybridized carbons (Fsp3) is 0.833. The Bertz CT molecular complexity index is 196. The first-order valence-corrected chi connectivity index (χ1v) is 6.07. The highest BCUT2D eigenvalue weighted by Crippen LogP contribution is 2.07. The monoisotopic (exact) mass is 246 g/mol. The number of carbonyl (C=O) groups excluding carboxylic acids is 1. The largest absolute Gasteiger partial charge is 0.394 e. The minimum atomic E-state index is -1.30. The number of aliphatic hydroxyl groups is 3. The molecule has 0 aromatic heterocycles. The predicted molar refractivity (Wildman–Crippen MR) is 65.2 cm³/mol. The summed E-state index contributed by atoms with van der Waals surface area (Å²) in [5, 5.41) is 29.5. The average Bonchev–Trinajstić information content (AvgIpc) is 2.36. The summed E-state index contributed by atoms with van der Waals surface area (Å²) in [5.41, 5.74) is -1.30. The number of amides is 1. The molecule has 101 valence electrons. The number of hydrogen-bond donors (Lipinski definition) is 4. The van der Waals surface area contributed by atoms with Crippen molar-refractivity contribution in [3.05, 3.63) is 6.92 Å². The minimum absolute atomic E-state index is 0.253. The van der Waals surface area contributed by atoms with Crippen LogP contribution in [0.25, 0.3) is 0 Å². The lowest BCUT2D eigenvalue weighted by atomic mass is 10.0. The molecule has 0 aliphatic rings. The second-order valence-corrected chi connectivity index (χ2v) is 4.32. The van der Waals surface area contributed by atoms with Crippen molar-refractivity contribution in [1.82, 2.24) is 5.32 Å². The molecule has 0 saturated carbocycles. The van der Waals surface area contributed by atoms with Crippen molar-refractivity contribution in [3.8, 4) is 0 Å². The fourth-order valence-electron chi connectivity index (χ4n) is 1.44. The topological polar surface area (TPSA) is 89.8 Å². The Morgan fingerprint density at radius 1 is 1.00 bits per heavy atom. The lowest BCUT2D eigenvalue weighted by Gasteiger charge is -2.28. The summed E-state index contributed by atoms with van der Waals surface area (Å²) >= 11 is 0. The zero-order chi connectivity index (χ0) is 13.1. The molecule has 1 radical (unpaired) electrons. The summed E-state index contributed by atoms with van der Waals surface area (Å²) in [6.07, 6.45) is 5.11. The van der Waals surface area contributed by atoms with Crippen LogP contribution in [0.3, 0.4) is 0 Å². The Morgan fingerprint density at radius 2 is 1.53 bits per heavy atom. The molecule has 5 heteroatoms. The van der Waals surface area contributed by atoms with E-state index in [0.29, 0.717) is 6.42 Å². The Hall–Kier alpha value is -0.650. The Balaban J connectivity index is 3.83. The van der Waals surface area contributed by atoms with Crippen LogP contribution in [0.2, 0.25) is 0 Å². The highest BCUT2D eigenvalue weighted by atomic mass is 16.3. The number of rotatable bonds is 10. The Labute approximate surface area is 103 Å². The zero-order valence-corrected chi connectivity index (χ0v) is 10.3. The van der Waals surface area contributed by atoms with Gasteiger partial charge in [0, 0.05) is 6.42 Å². The van der Waals surface area contributed by atoms with Crippen molar-refractivity contribution >= 4 is 5.91 Å². The van der Waals surface area contributed by atoms with Gasteiger partial charge in [0.1, 0.15) is 5.54 Å². The van der Waals surface area contributed by atoms with E-state index in [0.717, 1.165) is 32.1 Å². The normalized spacial score (nSPS) is 11.5. The lowest BCUT2D eigenvalue weighted by Crippen LogP contribution is -2.57. The molecule has 5 nitrogen and oxygen atoms in total. The van der Waals surface area contributed by atoms with E-state index >= 15 is 0 Å². The van der Waals surface area contributed by atoms with E-state index in [9.17, 15) is 4.79 Å². The molecule has 0 bridgehead atoms. The maximum absolute atomic E-state index is 11.5. The average molecular weight is 246 g/mol. The van der Waals surface area contributed by atoms with Gasteiger partial charge in [-0.1, -0.05) is 32.6 Å². The molecule has 0 aliphatic carbocycles. The Morgan fingerprint density at radius 3 is 2.00 bits per heavy atom. The number of hydrogen-bond acceptors (Lipinski definition) is 4. The third kappa shape index (κ3) is 6.61. The van der Waals surface area contributed by atoms with E-state index in [1.54, 1.807) is 0 Å². The van der Waals surface area contributed by atoms with Gasteiger partial charge in [-0.25, -0.2) is 0 Å². The molecule has 0 fully saturated rings. The summed E-state index contributed by atoms with van der Waals surface area (Å²) in [6, 6.07) is 0. The van der Waals surface area contributed by atoms with Crippen molar-refractivity contribution in [3.63, 3.8) is 0 Å². The van der Waals surface area contributed by atoms with Crippen LogP contribution in [0.5, 0.6) is 0 Å². The van der Waals surface area contributed by atoms with Gasteiger partial charge in [-0.2, -0.15) is 0 Å². The quantitative estimate of drug-likeness (QED) is 0.408. The van der Waals surface area contributed by atoms with Gasteiger partial charge in [-0.15, -0.1) is 0 Å². The smallest absolute Gasteiger partial charge is 0.220 e. The molecule has 0 saturated heterocycles. The van der Waals surface area contributed by atoms with E-state index in [1.807, 2.05) is 0 Å². The van der Waals surface area contributed by atoms with Gasteiger partial charge >= 0.3 is 0 Å². The van der Waals surface area contributed by atoms with Crippen molar-refractivity contribution in [2.75, 3.05) is 19.8 Å². The standard InChI is InChI=1S/C12H24NO4/c1-2-3-4-5-6-7-11(17)13-12(8-14,9-15)10-16/h14-16H,1-10H2,(H,13,17). The van der Waals surface area contributed by atoms with Crippen LogP contribution in [0.1, 0.15) is 38.5 Å². The first kappa shape index (κ1) is 16.4. The maximum Gasteiger partial charge on any atom is 0.220 e. The van der Waals surface area contributed by atoms with Gasteiger partial charge in [0.25, 0.3) is 0 Å². The molecular weight excluding hydrogens is 222 g/mol. The molecule has 0 atom stereocenters. The van der Waals surface area contributed by atoms with E-state index in [1.165, 1.54) is 0 Å². The number of aliphatic hydroxyl groups excluding tert-OH is 3. The Kier molecular flexibility index (Phi) is 9.03. The third-order valence-corrected chi connectivity index (χ3v) is 2.72. The molecular formula is C12H24NO4. The van der Waals surface area contributed by atoms with E-state index in [-0.39, 0.29) is 5.91 Å². The SMILES string of the molecule is [CH2]CCCCCCC(=O)NC(CO)(CO)CO. The van der Waals surface area contributed by atoms with Crippen molar-refractivity contribution in [2.24, 2.45) is 0 Å². The summed E-state index contributed by atoms with van der Waals surface area (Å²) in [7, 11) is 0. The van der Waals surface area contributed by atoms with Crippen molar-refractivity contribution in [2.45, 2.75) is 44.1 Å². The first-order chi connectivity index (χ1) is 8.14. The van der Waals surface area contributed by atoms with Crippen LogP contribution in [0.15, 0.2) is 0 Å². The number of nitrogens with one attached hydrogen (secondary N) is 1. The molecule has 0 heterocycles. The third-order valence-electron chi connectivity index (χ3n) is 2.72. The van der Waals surface area contributed by atoms with E-state index in [2.05, 4.69) is 12.2 Å². The van der Waals surface area contributed by atoms with Crippen molar-refractivity contribution < 1.29 is 20.1 Å². The van der Waals surface area contributed by atoms with Gasteiger partial charge in [-0.3, -0.25) is 4.79 Å². The summed E-state index contributed by atoms with van der Waals surface area (Å²) in [6.45, 7) is 2.30. The van der Waals surface area contributed by atoms with Gasteiger partial charge in [0.15, 0.2) is 0 Å². The second-order valence-electron chi connectivity index (χ2n) is 4.32. The predicted octanol–water partition coefficient (Wildman–Crippen LogP) is -0.00701. The van der Waals surface area contributed by atoms with Gasteiger partial charge in [-0.05, 0) is 6.42 Å². The van der Waals surface area contributed by atoms with E-state index < -0.39 is 25.4 Å². The molecule has 4 N–H and O–H groups in total. The van der Waals surface area contributed by atoms with E-state index in [4.69, 9.17) is 15.3 Å². The molecule has 0 aromatic rings. The number of carbonyl (C=O) groups is 1. The second kappa shape index (κ2) is 9.39. The first-order valence-electron chi connectivity index (χ1n) is 6.07. The van der Waals surface area contributed by atoms with Crippen LogP contribution in [-0.4, -0.2) is 46.6 Å². The van der Waals surface area contributed by atoms with Crippen LogP contribution in [0, 0.1) is 6.92 Å². The zero-order valence-electron chi connectivity index (χ0n) is 10.3. The number of unbranched alkanes of at least 4 members (excludes halogenated alkanes) is 4. The van der Waals surface area contributed by atoms with Gasteiger partial charge in [0.05, 0.1) is 19.8 Å². The van der Waals surface area contributed by atoms with Gasteiger partial charge in [0.2, 0.25) is 5.91 Å². The van der Waals surface area contributed by atoms with Crippen molar-refractivity contribution in [1.29, 1.82) is 0 Å². The molecule has 0 aromatic carbocycles. The lowest BCUT2D eigenvalue weighted by molar-refractivity contribution is -0.125. The molecule has 0 rings (SSSR count). The minimum Gasteiger partial charge on any atom is -0.394 e. The van der Waals surface area contributed by atoms with Gasteiger partial charge < -0.3 is 20.6 Å². The summed E-state index contributed by atoms with van der Waals surface area (Å²) in [4.78, 5) is 11.5. The molecule has 1 amide bonds. The van der Waals surface area contributed by atoms with Crippen LogP contribution in [0.4, 0.5) is 0 Å². The molecule has 0 spiro atoms. The summed E-state index contributed by atoms with van der Waals surface area (Å²) in [5.74, 6) is -0.253.